The van der Waals surface area contributed by atoms with Gasteiger partial charge in [-0.05, 0) is 19.0 Å². The van der Waals surface area contributed by atoms with Crippen molar-refractivity contribution in [1.29, 1.82) is 0 Å². The van der Waals surface area contributed by atoms with E-state index in [1.807, 2.05) is 6.20 Å². The molecule has 0 aromatic rings. The summed E-state index contributed by atoms with van der Waals surface area (Å²) in [6, 6.07) is 0. The van der Waals surface area contributed by atoms with Crippen molar-refractivity contribution < 1.29 is 17.3 Å². The first-order valence-electron chi connectivity index (χ1n) is 3.67. The number of rotatable bonds is 1. The van der Waals surface area contributed by atoms with Crippen molar-refractivity contribution in [1.82, 2.24) is 4.90 Å². The van der Waals surface area contributed by atoms with Crippen LogP contribution >= 0.6 is 0 Å². The third-order valence-electron chi connectivity index (χ3n) is 1.40. The van der Waals surface area contributed by atoms with E-state index in [1.54, 1.807) is 0 Å². The number of hydrogen-bond donors (Lipinski definition) is 0. The van der Waals surface area contributed by atoms with Crippen molar-refractivity contribution >= 4 is 7.25 Å². The smallest absolute Gasteiger partial charge is 0.418 e. The predicted octanol–water partition coefficient (Wildman–Crippen LogP) is 2.53. The quantitative estimate of drug-likeness (QED) is 0.447. The molecule has 0 atom stereocenters. The molecule has 0 N–H and O–H groups in total. The Morgan fingerprint density at radius 3 is 1.58 bits per heavy atom. The van der Waals surface area contributed by atoms with Gasteiger partial charge in [0.1, 0.15) is 0 Å². The molecule has 0 spiro atoms. The van der Waals surface area contributed by atoms with E-state index in [0.717, 1.165) is 0 Å². The van der Waals surface area contributed by atoms with Crippen LogP contribution in [0.4, 0.5) is 17.3 Å². The number of nitrogens with zero attached hydrogens (tertiary/aromatic N) is 1. The molecule has 72 valence electrons. The average Bonchev–Trinajstić information content (AvgIpc) is 2.33. The van der Waals surface area contributed by atoms with Gasteiger partial charge in [0.05, 0.1) is 0 Å². The zero-order valence-corrected chi connectivity index (χ0v) is 6.65. The second-order valence-corrected chi connectivity index (χ2v) is 2.42. The van der Waals surface area contributed by atoms with E-state index in [9.17, 15) is 17.3 Å². The van der Waals surface area contributed by atoms with Gasteiger partial charge in [-0.2, -0.15) is 0 Å². The van der Waals surface area contributed by atoms with E-state index in [4.69, 9.17) is 0 Å². The summed E-state index contributed by atoms with van der Waals surface area (Å²) in [4.78, 5) is 2.25. The third-order valence-corrected chi connectivity index (χ3v) is 1.40. The molecule has 0 unspecified atom stereocenters. The Morgan fingerprint density at radius 2 is 1.42 bits per heavy atom. The lowest BCUT2D eigenvalue weighted by atomic mass is 10.3. The fourth-order valence-corrected chi connectivity index (χ4v) is 0.924. The first-order valence-corrected chi connectivity index (χ1v) is 3.67. The molecule has 12 heavy (non-hydrogen) atoms. The third kappa shape index (κ3) is 9.32. The lowest BCUT2D eigenvalue weighted by molar-refractivity contribution is 0.368. The van der Waals surface area contributed by atoms with Gasteiger partial charge in [0.25, 0.3) is 0 Å². The summed E-state index contributed by atoms with van der Waals surface area (Å²) < 4.78 is 39.0. The van der Waals surface area contributed by atoms with Gasteiger partial charge in [-0.1, -0.05) is 6.58 Å². The molecule has 0 bridgehead atoms. The Kier molecular flexibility index (Phi) is 4.77. The van der Waals surface area contributed by atoms with Crippen molar-refractivity contribution in [2.45, 2.75) is 12.8 Å². The maximum absolute atomic E-state index is 9.75. The summed E-state index contributed by atoms with van der Waals surface area (Å²) >= 11 is 0. The van der Waals surface area contributed by atoms with Gasteiger partial charge in [0.15, 0.2) is 0 Å². The molecule has 0 saturated carbocycles. The van der Waals surface area contributed by atoms with Crippen molar-refractivity contribution in [3.63, 3.8) is 0 Å². The van der Waals surface area contributed by atoms with Crippen LogP contribution in [0.5, 0.6) is 0 Å². The molecule has 0 aliphatic carbocycles. The summed E-state index contributed by atoms with van der Waals surface area (Å²) in [6.45, 7) is 6.12. The minimum Gasteiger partial charge on any atom is -0.418 e. The molecule has 1 saturated heterocycles. The Bertz CT molecular complexity index is 124. The number of likely N-dealkylation sites (tertiary alicyclic amines) is 1. The minimum atomic E-state index is -6.00. The second kappa shape index (κ2) is 5.06. The van der Waals surface area contributed by atoms with Crippen molar-refractivity contribution in [2.75, 3.05) is 13.1 Å². The monoisotopic (exact) mass is 184 g/mol. The van der Waals surface area contributed by atoms with Gasteiger partial charge in [0, 0.05) is 13.1 Å². The maximum atomic E-state index is 9.75. The molecule has 1 aliphatic heterocycles. The molecular formula is C6H11BF4N-. The van der Waals surface area contributed by atoms with E-state index < -0.39 is 7.25 Å². The highest BCUT2D eigenvalue weighted by atomic mass is 19.5. The molecule has 0 aromatic carbocycles. The second-order valence-electron chi connectivity index (χ2n) is 2.42. The van der Waals surface area contributed by atoms with Crippen LogP contribution in [0, 0.1) is 0 Å². The van der Waals surface area contributed by atoms with Crippen LogP contribution in [0.3, 0.4) is 0 Å². The van der Waals surface area contributed by atoms with Crippen molar-refractivity contribution in [3.05, 3.63) is 12.8 Å². The van der Waals surface area contributed by atoms with E-state index >= 15 is 0 Å². The van der Waals surface area contributed by atoms with E-state index in [-0.39, 0.29) is 0 Å². The van der Waals surface area contributed by atoms with Crippen LogP contribution in [0.1, 0.15) is 12.8 Å². The Balaban J connectivity index is 0.000000217. The van der Waals surface area contributed by atoms with Gasteiger partial charge in [0.2, 0.25) is 0 Å². The molecule has 0 radical (unpaired) electrons. The molecule has 0 amide bonds. The molecule has 1 fully saturated rings. The largest absolute Gasteiger partial charge is 0.673 e. The van der Waals surface area contributed by atoms with Gasteiger partial charge in [-0.25, -0.2) is 0 Å². The summed E-state index contributed by atoms with van der Waals surface area (Å²) in [5, 5.41) is 0. The van der Waals surface area contributed by atoms with Crippen LogP contribution in [0.25, 0.3) is 0 Å². The number of hydrogen-bond acceptors (Lipinski definition) is 1. The lowest BCUT2D eigenvalue weighted by Crippen LogP contribution is -2.08. The minimum absolute atomic E-state index is 1.23. The Hall–Kier alpha value is -0.675. The van der Waals surface area contributed by atoms with Crippen LogP contribution < -0.4 is 0 Å². The summed E-state index contributed by atoms with van der Waals surface area (Å²) in [6.07, 6.45) is 4.63. The maximum Gasteiger partial charge on any atom is 0.673 e. The molecular weight excluding hydrogens is 173 g/mol. The average molecular weight is 184 g/mol. The van der Waals surface area contributed by atoms with E-state index in [1.165, 1.54) is 25.9 Å². The molecule has 1 heterocycles. The zero-order valence-electron chi connectivity index (χ0n) is 6.65. The van der Waals surface area contributed by atoms with Gasteiger partial charge in [-0.3, -0.25) is 0 Å². The molecule has 1 nitrogen and oxygen atoms in total. The summed E-state index contributed by atoms with van der Waals surface area (Å²) in [5.74, 6) is 0. The van der Waals surface area contributed by atoms with Crippen molar-refractivity contribution in [2.24, 2.45) is 0 Å². The fourth-order valence-electron chi connectivity index (χ4n) is 0.924. The first-order chi connectivity index (χ1) is 5.43. The lowest BCUT2D eigenvalue weighted by Gasteiger charge is -2.07. The van der Waals surface area contributed by atoms with Crippen LogP contribution in [0.2, 0.25) is 0 Å². The highest BCUT2D eigenvalue weighted by Gasteiger charge is 2.20. The van der Waals surface area contributed by atoms with Gasteiger partial charge >= 0.3 is 7.25 Å². The van der Waals surface area contributed by atoms with Crippen LogP contribution in [-0.4, -0.2) is 25.2 Å². The van der Waals surface area contributed by atoms with E-state index in [2.05, 4.69) is 11.5 Å². The fraction of sp³-hybridized carbons (Fsp3) is 0.667. The van der Waals surface area contributed by atoms with Crippen LogP contribution in [-0.2, 0) is 0 Å². The summed E-state index contributed by atoms with van der Waals surface area (Å²) in [7, 11) is -6.00. The molecule has 1 rings (SSSR count). The normalized spacial score (nSPS) is 16.8. The standard InChI is InChI=1S/C6H11N.BF4/c1-2-7-5-3-4-6-7;2-1(3,4)5/h2H,1,3-6H2;/q;-1. The van der Waals surface area contributed by atoms with Crippen LogP contribution in [0.15, 0.2) is 12.8 Å². The SMILES string of the molecule is C=CN1CCCC1.F[B-](F)(F)F. The highest BCUT2D eigenvalue weighted by Crippen LogP contribution is 2.06. The van der Waals surface area contributed by atoms with Crippen molar-refractivity contribution in [3.8, 4) is 0 Å². The topological polar surface area (TPSA) is 3.24 Å². The molecule has 1 aliphatic rings. The van der Waals surface area contributed by atoms with Gasteiger partial charge < -0.3 is 22.2 Å². The molecule has 0 aromatic heterocycles. The Morgan fingerprint density at radius 1 is 1.08 bits per heavy atom. The van der Waals surface area contributed by atoms with E-state index in [0.29, 0.717) is 0 Å². The number of halogens is 4. The highest BCUT2D eigenvalue weighted by molar-refractivity contribution is 6.50. The Labute approximate surface area is 69.2 Å². The predicted molar refractivity (Wildman–Crippen MR) is 41.2 cm³/mol. The zero-order chi connectivity index (χ0) is 9.61. The molecule has 6 heteroatoms. The van der Waals surface area contributed by atoms with Gasteiger partial charge in [-0.15, -0.1) is 0 Å². The summed E-state index contributed by atoms with van der Waals surface area (Å²) in [5.41, 5.74) is 0. The first kappa shape index (κ1) is 11.3.